The van der Waals surface area contributed by atoms with Gasteiger partial charge in [-0.2, -0.15) is 0 Å². The third-order valence-corrected chi connectivity index (χ3v) is 5.62. The molecule has 2 aromatic rings. The Morgan fingerprint density at radius 2 is 1.93 bits per heavy atom. The second kappa shape index (κ2) is 9.45. The molecule has 8 heteroatoms. The molecule has 1 N–H and O–H groups in total. The van der Waals surface area contributed by atoms with Crippen LogP contribution in [0.3, 0.4) is 0 Å². The lowest BCUT2D eigenvalue weighted by Gasteiger charge is -2.34. The SMILES string of the molecule is O=C(O)O[C@@H]1CCCN(CCCN2c3ccccc3OCOc3ccc(Cl)cc32)C1. The zero-order chi connectivity index (χ0) is 20.9. The van der Waals surface area contributed by atoms with Crippen LogP contribution in [-0.2, 0) is 4.74 Å². The number of rotatable bonds is 5. The van der Waals surface area contributed by atoms with E-state index in [-0.39, 0.29) is 12.9 Å². The zero-order valence-corrected chi connectivity index (χ0v) is 17.4. The quantitative estimate of drug-likeness (QED) is 0.683. The molecule has 2 aromatic carbocycles. The summed E-state index contributed by atoms with van der Waals surface area (Å²) in [6.45, 7) is 3.30. The van der Waals surface area contributed by atoms with Crippen LogP contribution in [0.5, 0.6) is 11.5 Å². The van der Waals surface area contributed by atoms with Crippen molar-refractivity contribution < 1.29 is 24.1 Å². The van der Waals surface area contributed by atoms with E-state index in [0.717, 1.165) is 61.8 Å². The number of carboxylic acid groups (broad SMARTS) is 1. The van der Waals surface area contributed by atoms with E-state index in [1.165, 1.54) is 0 Å². The van der Waals surface area contributed by atoms with E-state index in [0.29, 0.717) is 11.6 Å². The van der Waals surface area contributed by atoms with E-state index in [1.807, 2.05) is 42.5 Å². The smallest absolute Gasteiger partial charge is 0.455 e. The van der Waals surface area contributed by atoms with Crippen molar-refractivity contribution in [1.82, 2.24) is 4.90 Å². The molecule has 7 nitrogen and oxygen atoms in total. The van der Waals surface area contributed by atoms with Gasteiger partial charge in [-0.05, 0) is 62.7 Å². The number of piperidine rings is 1. The number of anilines is 2. The summed E-state index contributed by atoms with van der Waals surface area (Å²) in [4.78, 5) is 15.3. The Kier molecular flexibility index (Phi) is 6.50. The number of nitrogens with zero attached hydrogens (tertiary/aromatic N) is 2. The molecule has 2 aliphatic rings. The second-order valence-electron chi connectivity index (χ2n) is 7.44. The lowest BCUT2D eigenvalue weighted by atomic mass is 10.1. The molecule has 0 aromatic heterocycles. The van der Waals surface area contributed by atoms with Crippen molar-refractivity contribution in [2.24, 2.45) is 0 Å². The highest BCUT2D eigenvalue weighted by Crippen LogP contribution is 2.41. The predicted octanol–water partition coefficient (Wildman–Crippen LogP) is 4.76. The van der Waals surface area contributed by atoms with Gasteiger partial charge in [-0.25, -0.2) is 4.79 Å². The summed E-state index contributed by atoms with van der Waals surface area (Å²) in [6, 6.07) is 13.5. The fourth-order valence-corrected chi connectivity index (χ4v) is 4.23. The van der Waals surface area contributed by atoms with Crippen molar-refractivity contribution in [3.8, 4) is 11.5 Å². The van der Waals surface area contributed by atoms with Gasteiger partial charge in [0.1, 0.15) is 17.6 Å². The van der Waals surface area contributed by atoms with Crippen LogP contribution in [0.2, 0.25) is 5.02 Å². The summed E-state index contributed by atoms with van der Waals surface area (Å²) >= 11 is 6.29. The van der Waals surface area contributed by atoms with Gasteiger partial charge in [-0.3, -0.25) is 4.90 Å². The maximum atomic E-state index is 10.8. The molecule has 0 unspecified atom stereocenters. The Bertz CT molecular complexity index is 894. The zero-order valence-electron chi connectivity index (χ0n) is 16.6. The molecule has 0 saturated carbocycles. The first kappa shape index (κ1) is 20.6. The van der Waals surface area contributed by atoms with Crippen LogP contribution in [0.15, 0.2) is 42.5 Å². The van der Waals surface area contributed by atoms with Gasteiger partial charge < -0.3 is 24.2 Å². The molecular weight excluding hydrogens is 408 g/mol. The standard InChI is InChI=1S/C22H25ClN2O5/c23-16-8-9-21-19(13-16)25(18-6-1-2-7-20(18)28-15-29-21)12-4-11-24-10-3-5-17(14-24)30-22(26)27/h1-2,6-9,13,17H,3-5,10-12,14-15H2,(H,26,27)/t17-/m1/s1. The molecule has 0 bridgehead atoms. The highest BCUT2D eigenvalue weighted by atomic mass is 35.5. The minimum Gasteiger partial charge on any atom is -0.455 e. The maximum absolute atomic E-state index is 10.8. The molecule has 0 amide bonds. The second-order valence-corrected chi connectivity index (χ2v) is 7.88. The fourth-order valence-electron chi connectivity index (χ4n) is 4.06. The van der Waals surface area contributed by atoms with Crippen LogP contribution < -0.4 is 14.4 Å². The largest absolute Gasteiger partial charge is 0.506 e. The summed E-state index contributed by atoms with van der Waals surface area (Å²) in [5, 5.41) is 9.52. The highest BCUT2D eigenvalue weighted by Gasteiger charge is 2.24. The predicted molar refractivity (Wildman–Crippen MR) is 114 cm³/mol. The molecule has 2 heterocycles. The number of halogens is 1. The van der Waals surface area contributed by atoms with E-state index in [2.05, 4.69) is 9.80 Å². The van der Waals surface area contributed by atoms with Crippen LogP contribution in [0.25, 0.3) is 0 Å². The fraction of sp³-hybridized carbons (Fsp3) is 0.409. The summed E-state index contributed by atoms with van der Waals surface area (Å²) in [6.07, 6.45) is 1.14. The number of para-hydroxylation sites is 2. The Morgan fingerprint density at radius 1 is 1.13 bits per heavy atom. The molecule has 1 atom stereocenters. The van der Waals surface area contributed by atoms with Crippen molar-refractivity contribution in [2.45, 2.75) is 25.4 Å². The lowest BCUT2D eigenvalue weighted by Crippen LogP contribution is -2.41. The van der Waals surface area contributed by atoms with Crippen molar-refractivity contribution >= 4 is 29.1 Å². The Labute approximate surface area is 180 Å². The van der Waals surface area contributed by atoms with Crippen LogP contribution in [0.4, 0.5) is 16.2 Å². The van der Waals surface area contributed by atoms with E-state index >= 15 is 0 Å². The Morgan fingerprint density at radius 3 is 2.77 bits per heavy atom. The first-order valence-electron chi connectivity index (χ1n) is 10.1. The molecular formula is C22H25ClN2O5. The summed E-state index contributed by atoms with van der Waals surface area (Å²) < 4.78 is 16.6. The third kappa shape index (κ3) is 4.91. The first-order valence-corrected chi connectivity index (χ1v) is 10.5. The van der Waals surface area contributed by atoms with E-state index in [4.69, 9.17) is 30.9 Å². The molecule has 30 heavy (non-hydrogen) atoms. The van der Waals surface area contributed by atoms with Gasteiger partial charge in [0.05, 0.1) is 11.4 Å². The van der Waals surface area contributed by atoms with Gasteiger partial charge in [0.15, 0.2) is 0 Å². The molecule has 4 rings (SSSR count). The maximum Gasteiger partial charge on any atom is 0.506 e. The van der Waals surface area contributed by atoms with Gasteiger partial charge in [0, 0.05) is 18.1 Å². The number of hydrogen-bond acceptors (Lipinski definition) is 6. The van der Waals surface area contributed by atoms with E-state index in [1.54, 1.807) is 0 Å². The minimum atomic E-state index is -1.20. The minimum absolute atomic E-state index is 0.137. The average molecular weight is 433 g/mol. The van der Waals surface area contributed by atoms with Crippen molar-refractivity contribution in [2.75, 3.05) is 37.9 Å². The number of likely N-dealkylation sites (tertiary alicyclic amines) is 1. The van der Waals surface area contributed by atoms with Gasteiger partial charge in [0.25, 0.3) is 0 Å². The van der Waals surface area contributed by atoms with Crippen LogP contribution in [0.1, 0.15) is 19.3 Å². The Balaban J connectivity index is 1.49. The van der Waals surface area contributed by atoms with E-state index < -0.39 is 6.16 Å². The normalized spacial score (nSPS) is 18.8. The van der Waals surface area contributed by atoms with Crippen LogP contribution in [-0.4, -0.2) is 55.2 Å². The third-order valence-electron chi connectivity index (χ3n) is 5.38. The van der Waals surface area contributed by atoms with E-state index in [9.17, 15) is 4.79 Å². The molecule has 2 aliphatic heterocycles. The lowest BCUT2D eigenvalue weighted by molar-refractivity contribution is 0.0135. The topological polar surface area (TPSA) is 71.5 Å². The summed E-state index contributed by atoms with van der Waals surface area (Å²) in [5.41, 5.74) is 1.87. The number of fused-ring (bicyclic) bond motifs is 2. The number of ether oxygens (including phenoxy) is 3. The molecule has 160 valence electrons. The van der Waals surface area contributed by atoms with Gasteiger partial charge in [-0.1, -0.05) is 23.7 Å². The monoisotopic (exact) mass is 432 g/mol. The average Bonchev–Trinajstić information content (AvgIpc) is 2.71. The van der Waals surface area contributed by atoms with Gasteiger partial charge in [0.2, 0.25) is 6.79 Å². The van der Waals surface area contributed by atoms with Crippen molar-refractivity contribution in [3.63, 3.8) is 0 Å². The number of benzene rings is 2. The first-order chi connectivity index (χ1) is 14.6. The van der Waals surface area contributed by atoms with Gasteiger partial charge >= 0.3 is 6.16 Å². The number of carbonyl (C=O) groups is 1. The molecule has 0 aliphatic carbocycles. The number of hydrogen-bond donors (Lipinski definition) is 1. The molecule has 0 spiro atoms. The summed E-state index contributed by atoms with van der Waals surface area (Å²) in [7, 11) is 0. The Hall–Kier alpha value is -2.64. The highest BCUT2D eigenvalue weighted by molar-refractivity contribution is 6.31. The summed E-state index contributed by atoms with van der Waals surface area (Å²) in [5.74, 6) is 1.48. The molecule has 1 saturated heterocycles. The molecule has 0 radical (unpaired) electrons. The molecule has 1 fully saturated rings. The van der Waals surface area contributed by atoms with Crippen LogP contribution in [0, 0.1) is 0 Å². The van der Waals surface area contributed by atoms with Crippen molar-refractivity contribution in [3.05, 3.63) is 47.5 Å². The van der Waals surface area contributed by atoms with Crippen LogP contribution >= 0.6 is 11.6 Å². The van der Waals surface area contributed by atoms with Crippen molar-refractivity contribution in [1.29, 1.82) is 0 Å². The van der Waals surface area contributed by atoms with Gasteiger partial charge in [-0.15, -0.1) is 0 Å².